The quantitative estimate of drug-likeness (QED) is 0.741. The van der Waals surface area contributed by atoms with Crippen LogP contribution in [0.5, 0.6) is 0 Å². The maximum atomic E-state index is 11.9. The minimum absolute atomic E-state index is 0.101. The van der Waals surface area contributed by atoms with Crippen molar-refractivity contribution in [3.63, 3.8) is 0 Å². The summed E-state index contributed by atoms with van der Waals surface area (Å²) in [5, 5.41) is 12.3. The molecule has 2 heterocycles. The number of carbonyl (C=O) groups excluding carboxylic acids is 2. The van der Waals surface area contributed by atoms with Crippen LogP contribution in [0, 0.1) is 0 Å². The van der Waals surface area contributed by atoms with Gasteiger partial charge in [0.15, 0.2) is 11.4 Å². The zero-order valence-electron chi connectivity index (χ0n) is 12.0. The number of hydrogen-bond donors (Lipinski definition) is 2. The predicted octanol–water partition coefficient (Wildman–Crippen LogP) is 1.24. The maximum Gasteiger partial charge on any atom is 0.412 e. The fourth-order valence-electron chi connectivity index (χ4n) is 1.82. The van der Waals surface area contributed by atoms with E-state index in [0.29, 0.717) is 11.1 Å². The van der Waals surface area contributed by atoms with Crippen molar-refractivity contribution in [1.82, 2.24) is 20.0 Å². The monoisotopic (exact) mass is 316 g/mol. The van der Waals surface area contributed by atoms with Crippen LogP contribution in [-0.4, -0.2) is 39.1 Å². The lowest BCUT2D eigenvalue weighted by Gasteiger charge is -2.00. The molecule has 0 unspecified atom stereocenters. The molecule has 2 aromatic heterocycles. The molecule has 0 atom stereocenters. The highest BCUT2D eigenvalue weighted by molar-refractivity contribution is 5.89. The van der Waals surface area contributed by atoms with Crippen LogP contribution in [0.2, 0.25) is 0 Å². The Kier molecular flexibility index (Phi) is 3.87. The number of oxazole rings is 1. The van der Waals surface area contributed by atoms with Crippen LogP contribution in [0.25, 0.3) is 11.1 Å². The van der Waals surface area contributed by atoms with Gasteiger partial charge in [-0.1, -0.05) is 17.3 Å². The van der Waals surface area contributed by atoms with Crippen LogP contribution >= 0.6 is 0 Å². The Morgan fingerprint density at radius 3 is 2.91 bits per heavy atom. The zero-order chi connectivity index (χ0) is 16.2. The van der Waals surface area contributed by atoms with Gasteiger partial charge in [-0.15, -0.1) is 5.10 Å². The molecule has 2 N–H and O–H groups in total. The van der Waals surface area contributed by atoms with Crippen LogP contribution < -0.4 is 10.6 Å². The van der Waals surface area contributed by atoms with E-state index in [-0.39, 0.29) is 18.4 Å². The molecule has 0 aliphatic heterocycles. The van der Waals surface area contributed by atoms with Gasteiger partial charge in [0.2, 0.25) is 5.91 Å². The average Bonchev–Trinajstić information content (AvgIpc) is 3.12. The van der Waals surface area contributed by atoms with Gasteiger partial charge in [0.25, 0.3) is 0 Å². The number of ether oxygens (including phenoxy) is 1. The van der Waals surface area contributed by atoms with Gasteiger partial charge in [0, 0.05) is 0 Å². The van der Waals surface area contributed by atoms with Gasteiger partial charge in [-0.2, -0.15) is 4.98 Å². The van der Waals surface area contributed by atoms with Crippen LogP contribution in [-0.2, 0) is 16.1 Å². The summed E-state index contributed by atoms with van der Waals surface area (Å²) in [5.41, 5.74) is 1.22. The van der Waals surface area contributed by atoms with Crippen LogP contribution in [0.4, 0.5) is 16.6 Å². The number of carbonyl (C=O) groups is 2. The van der Waals surface area contributed by atoms with E-state index >= 15 is 0 Å². The average molecular weight is 316 g/mol. The minimum Gasteiger partial charge on any atom is -0.453 e. The molecule has 10 nitrogen and oxygen atoms in total. The van der Waals surface area contributed by atoms with Crippen molar-refractivity contribution < 1.29 is 18.7 Å². The molecule has 0 fully saturated rings. The Labute approximate surface area is 129 Å². The third-order valence-electron chi connectivity index (χ3n) is 2.80. The zero-order valence-corrected chi connectivity index (χ0v) is 12.0. The fourth-order valence-corrected chi connectivity index (χ4v) is 1.82. The van der Waals surface area contributed by atoms with Crippen LogP contribution in [0.1, 0.15) is 0 Å². The molecular weight excluding hydrogens is 304 g/mol. The molecule has 0 aliphatic rings. The first-order valence-corrected chi connectivity index (χ1v) is 6.54. The summed E-state index contributed by atoms with van der Waals surface area (Å²) in [6, 6.07) is 7.26. The van der Waals surface area contributed by atoms with Gasteiger partial charge in [0.05, 0.1) is 13.3 Å². The second-order valence-electron chi connectivity index (χ2n) is 4.45. The molecule has 10 heteroatoms. The summed E-state index contributed by atoms with van der Waals surface area (Å²) < 4.78 is 11.1. The number of hydrogen-bond acceptors (Lipinski definition) is 7. The number of methoxy groups -OCH3 is 1. The second kappa shape index (κ2) is 6.13. The maximum absolute atomic E-state index is 11.9. The first kappa shape index (κ1) is 14.5. The molecule has 1 aromatic carbocycles. The van der Waals surface area contributed by atoms with Crippen molar-refractivity contribution in [3.05, 3.63) is 30.5 Å². The molecule has 118 valence electrons. The number of amides is 2. The number of rotatable bonds is 4. The SMILES string of the molecule is COC(=O)Nc1cn(CC(=O)Nc2nc3ccccc3o2)nn1. The minimum atomic E-state index is -0.673. The van der Waals surface area contributed by atoms with Gasteiger partial charge in [-0.3, -0.25) is 15.4 Å². The molecule has 0 bridgehead atoms. The van der Waals surface area contributed by atoms with Crippen molar-refractivity contribution >= 4 is 34.9 Å². The summed E-state index contributed by atoms with van der Waals surface area (Å²) in [6.45, 7) is -0.116. The summed E-state index contributed by atoms with van der Waals surface area (Å²) in [5.74, 6) is -0.224. The lowest BCUT2D eigenvalue weighted by molar-refractivity contribution is -0.117. The lowest BCUT2D eigenvalue weighted by Crippen LogP contribution is -2.19. The summed E-state index contributed by atoms with van der Waals surface area (Å²) in [7, 11) is 1.23. The van der Waals surface area contributed by atoms with Gasteiger partial charge in [0.1, 0.15) is 12.1 Å². The lowest BCUT2D eigenvalue weighted by atomic mass is 10.3. The predicted molar refractivity (Wildman–Crippen MR) is 78.7 cm³/mol. The number of benzene rings is 1. The topological polar surface area (TPSA) is 124 Å². The third-order valence-corrected chi connectivity index (χ3v) is 2.80. The molecule has 2 amide bonds. The third kappa shape index (κ3) is 3.43. The second-order valence-corrected chi connectivity index (χ2v) is 4.45. The molecular formula is C13H12N6O4. The van der Waals surface area contributed by atoms with E-state index in [9.17, 15) is 9.59 Å². The number of nitrogens with zero attached hydrogens (tertiary/aromatic N) is 4. The Morgan fingerprint density at radius 1 is 1.30 bits per heavy atom. The van der Waals surface area contributed by atoms with Crippen molar-refractivity contribution in [1.29, 1.82) is 0 Å². The Balaban J connectivity index is 1.61. The van der Waals surface area contributed by atoms with Gasteiger partial charge >= 0.3 is 12.1 Å². The van der Waals surface area contributed by atoms with Gasteiger partial charge in [-0.25, -0.2) is 9.48 Å². The van der Waals surface area contributed by atoms with Crippen LogP contribution in [0.3, 0.4) is 0 Å². The normalized spacial score (nSPS) is 10.5. The van der Waals surface area contributed by atoms with Gasteiger partial charge in [-0.05, 0) is 12.1 Å². The molecule has 0 saturated carbocycles. The Bertz CT molecular complexity index is 822. The Hall–Kier alpha value is -3.43. The first-order valence-electron chi connectivity index (χ1n) is 6.54. The first-order chi connectivity index (χ1) is 11.1. The summed E-state index contributed by atoms with van der Waals surface area (Å²) >= 11 is 0. The van der Waals surface area contributed by atoms with Gasteiger partial charge < -0.3 is 9.15 Å². The molecule has 0 saturated heterocycles. The van der Waals surface area contributed by atoms with E-state index in [0.717, 1.165) is 0 Å². The van der Waals surface area contributed by atoms with E-state index < -0.39 is 12.0 Å². The molecule has 3 aromatic rings. The largest absolute Gasteiger partial charge is 0.453 e. The highest BCUT2D eigenvalue weighted by Gasteiger charge is 2.11. The van der Waals surface area contributed by atoms with E-state index in [4.69, 9.17) is 4.42 Å². The molecule has 3 rings (SSSR count). The molecule has 0 spiro atoms. The fraction of sp³-hybridized carbons (Fsp3) is 0.154. The smallest absolute Gasteiger partial charge is 0.412 e. The van der Waals surface area contributed by atoms with Crippen LogP contribution in [0.15, 0.2) is 34.9 Å². The number of anilines is 2. The highest BCUT2D eigenvalue weighted by atomic mass is 16.5. The Morgan fingerprint density at radius 2 is 2.13 bits per heavy atom. The van der Waals surface area contributed by atoms with Crippen molar-refractivity contribution in [3.8, 4) is 0 Å². The summed E-state index contributed by atoms with van der Waals surface area (Å²) in [6.07, 6.45) is 0.718. The molecule has 0 radical (unpaired) electrons. The van der Waals surface area contributed by atoms with E-state index in [1.54, 1.807) is 12.1 Å². The van der Waals surface area contributed by atoms with Crippen molar-refractivity contribution in [2.75, 3.05) is 17.7 Å². The highest BCUT2D eigenvalue weighted by Crippen LogP contribution is 2.17. The van der Waals surface area contributed by atoms with E-state index in [1.807, 2.05) is 12.1 Å². The van der Waals surface area contributed by atoms with Crippen molar-refractivity contribution in [2.45, 2.75) is 6.54 Å². The number of nitrogens with one attached hydrogen (secondary N) is 2. The molecule has 0 aliphatic carbocycles. The summed E-state index contributed by atoms with van der Waals surface area (Å²) in [4.78, 5) is 27.1. The number of para-hydroxylation sites is 2. The van der Waals surface area contributed by atoms with E-state index in [1.165, 1.54) is 18.0 Å². The molecule has 23 heavy (non-hydrogen) atoms. The standard InChI is InChI=1S/C13H12N6O4/c1-22-13(21)15-10-6-19(18-17-10)7-11(20)16-12-14-8-4-2-3-5-9(8)23-12/h2-6H,7H2,1H3,(H,15,21)(H,14,16,20). The van der Waals surface area contributed by atoms with Crippen molar-refractivity contribution in [2.24, 2.45) is 0 Å². The van der Waals surface area contributed by atoms with E-state index in [2.05, 4.69) is 30.7 Å². The number of fused-ring (bicyclic) bond motifs is 1. The number of aromatic nitrogens is 4.